The van der Waals surface area contributed by atoms with Crippen molar-refractivity contribution in [2.75, 3.05) is 31.6 Å². The molecular weight excluding hydrogens is 561 g/mol. The molecule has 8 nitrogen and oxygen atoms in total. The second-order valence-electron chi connectivity index (χ2n) is 9.34. The molecule has 0 saturated carbocycles. The number of sulfonamides is 1. The van der Waals surface area contributed by atoms with Crippen molar-refractivity contribution in [3.05, 3.63) is 77.9 Å². The standard InChI is InChI=1S/C29H33F3N2O6S/c1-20(2)40-24-12-10-21(11-13-24)7-6-16-33-28(35)19-34(23-9-5-8-22(17-23)29(30,31)32)41(36,37)25-14-15-26(38-3)27(18-25)39-4/h5,8-15,17-18,20H,6-7,16,19H2,1-4H3,(H,33,35). The highest BCUT2D eigenvalue weighted by Crippen LogP contribution is 2.35. The Bertz CT molecular complexity index is 1430. The summed E-state index contributed by atoms with van der Waals surface area (Å²) in [7, 11) is -1.80. The first kappa shape index (κ1) is 31.6. The summed E-state index contributed by atoms with van der Waals surface area (Å²) >= 11 is 0. The highest BCUT2D eigenvalue weighted by Gasteiger charge is 2.33. The summed E-state index contributed by atoms with van der Waals surface area (Å²) in [4.78, 5) is 12.6. The molecule has 12 heteroatoms. The van der Waals surface area contributed by atoms with Crippen LogP contribution in [-0.2, 0) is 27.4 Å². The summed E-state index contributed by atoms with van der Waals surface area (Å²) < 4.78 is 84.2. The summed E-state index contributed by atoms with van der Waals surface area (Å²) in [5, 5.41) is 2.66. The minimum absolute atomic E-state index is 0.0575. The number of rotatable bonds is 13. The molecule has 0 radical (unpaired) electrons. The van der Waals surface area contributed by atoms with Gasteiger partial charge in [0, 0.05) is 12.6 Å². The summed E-state index contributed by atoms with van der Waals surface area (Å²) in [6, 6.07) is 15.1. The molecule has 0 aliphatic heterocycles. The number of carbonyl (C=O) groups excluding carboxylic acids is 1. The maximum Gasteiger partial charge on any atom is 0.416 e. The summed E-state index contributed by atoms with van der Waals surface area (Å²) in [6.07, 6.45) is -3.45. The first-order chi connectivity index (χ1) is 19.3. The monoisotopic (exact) mass is 594 g/mol. The van der Waals surface area contributed by atoms with Gasteiger partial charge in [0.15, 0.2) is 11.5 Å². The Hall–Kier alpha value is -3.93. The third-order valence-corrected chi connectivity index (χ3v) is 7.72. The molecule has 1 amide bonds. The van der Waals surface area contributed by atoms with E-state index < -0.39 is 34.2 Å². The predicted molar refractivity (Wildman–Crippen MR) is 149 cm³/mol. The zero-order chi connectivity index (χ0) is 30.2. The molecule has 0 fully saturated rings. The van der Waals surface area contributed by atoms with Crippen LogP contribution >= 0.6 is 0 Å². The number of anilines is 1. The smallest absolute Gasteiger partial charge is 0.416 e. The highest BCUT2D eigenvalue weighted by molar-refractivity contribution is 7.92. The molecule has 41 heavy (non-hydrogen) atoms. The lowest BCUT2D eigenvalue weighted by Gasteiger charge is -2.25. The SMILES string of the molecule is COc1ccc(S(=O)(=O)N(CC(=O)NCCCc2ccc(OC(C)C)cc2)c2cccc(C(F)(F)F)c2)cc1OC. The lowest BCUT2D eigenvalue weighted by molar-refractivity contribution is -0.137. The van der Waals surface area contributed by atoms with Crippen molar-refractivity contribution in [2.45, 2.75) is 43.9 Å². The number of halogens is 3. The Labute approximate surface area is 238 Å². The highest BCUT2D eigenvalue weighted by atomic mass is 32.2. The van der Waals surface area contributed by atoms with Gasteiger partial charge in [0.25, 0.3) is 10.0 Å². The molecule has 3 rings (SSSR count). The minimum Gasteiger partial charge on any atom is -0.493 e. The first-order valence-corrected chi connectivity index (χ1v) is 14.2. The topological polar surface area (TPSA) is 94.2 Å². The van der Waals surface area contributed by atoms with Crippen LogP contribution in [0.2, 0.25) is 0 Å². The number of amides is 1. The fourth-order valence-electron chi connectivity index (χ4n) is 3.97. The van der Waals surface area contributed by atoms with Gasteiger partial charge in [-0.1, -0.05) is 18.2 Å². The Morgan fingerprint density at radius 3 is 2.24 bits per heavy atom. The zero-order valence-electron chi connectivity index (χ0n) is 23.2. The van der Waals surface area contributed by atoms with Crippen LogP contribution in [0.25, 0.3) is 0 Å². The van der Waals surface area contributed by atoms with Crippen molar-refractivity contribution in [3.8, 4) is 17.2 Å². The molecule has 0 saturated heterocycles. The molecular formula is C29H33F3N2O6S. The Balaban J connectivity index is 1.78. The van der Waals surface area contributed by atoms with Crippen LogP contribution in [0.5, 0.6) is 17.2 Å². The van der Waals surface area contributed by atoms with Gasteiger partial charge in [-0.2, -0.15) is 13.2 Å². The van der Waals surface area contributed by atoms with Crippen LogP contribution in [0, 0.1) is 0 Å². The van der Waals surface area contributed by atoms with Gasteiger partial charge in [-0.25, -0.2) is 8.42 Å². The molecule has 0 unspecified atom stereocenters. The molecule has 0 bridgehead atoms. The normalized spacial score (nSPS) is 11.7. The molecule has 0 aromatic heterocycles. The van der Waals surface area contributed by atoms with Gasteiger partial charge in [-0.15, -0.1) is 0 Å². The third-order valence-electron chi connectivity index (χ3n) is 5.95. The largest absolute Gasteiger partial charge is 0.493 e. The number of hydrogen-bond acceptors (Lipinski definition) is 6. The fourth-order valence-corrected chi connectivity index (χ4v) is 5.40. The van der Waals surface area contributed by atoms with E-state index in [2.05, 4.69) is 5.32 Å². The quantitative estimate of drug-likeness (QED) is 0.265. The number of hydrogen-bond donors (Lipinski definition) is 1. The number of methoxy groups -OCH3 is 2. The van der Waals surface area contributed by atoms with E-state index in [-0.39, 0.29) is 34.7 Å². The molecule has 0 spiro atoms. The Kier molecular flexibility index (Phi) is 10.5. The van der Waals surface area contributed by atoms with Crippen LogP contribution in [0.3, 0.4) is 0 Å². The average Bonchev–Trinajstić information content (AvgIpc) is 2.93. The molecule has 0 heterocycles. The molecule has 0 atom stereocenters. The summed E-state index contributed by atoms with van der Waals surface area (Å²) in [5.41, 5.74) is -0.335. The first-order valence-electron chi connectivity index (χ1n) is 12.8. The molecule has 3 aromatic carbocycles. The number of ether oxygens (including phenoxy) is 3. The van der Waals surface area contributed by atoms with Crippen molar-refractivity contribution in [2.24, 2.45) is 0 Å². The van der Waals surface area contributed by atoms with Crippen molar-refractivity contribution in [1.82, 2.24) is 5.32 Å². The van der Waals surface area contributed by atoms with Crippen molar-refractivity contribution in [1.29, 1.82) is 0 Å². The van der Waals surface area contributed by atoms with E-state index in [1.165, 1.54) is 38.5 Å². The van der Waals surface area contributed by atoms with E-state index in [1.807, 2.05) is 38.1 Å². The average molecular weight is 595 g/mol. The maximum atomic E-state index is 13.7. The second-order valence-corrected chi connectivity index (χ2v) is 11.2. The van der Waals surface area contributed by atoms with Gasteiger partial charge in [0.05, 0.1) is 36.5 Å². The number of benzene rings is 3. The van der Waals surface area contributed by atoms with Crippen LogP contribution in [0.4, 0.5) is 18.9 Å². The molecule has 0 aliphatic carbocycles. The van der Waals surface area contributed by atoms with Gasteiger partial charge in [0.2, 0.25) is 5.91 Å². The molecule has 0 aliphatic rings. The summed E-state index contributed by atoms with van der Waals surface area (Å²) in [5.74, 6) is 0.442. The Morgan fingerprint density at radius 1 is 0.951 bits per heavy atom. The number of carbonyl (C=O) groups is 1. The van der Waals surface area contributed by atoms with Gasteiger partial charge < -0.3 is 19.5 Å². The van der Waals surface area contributed by atoms with E-state index >= 15 is 0 Å². The Morgan fingerprint density at radius 2 is 1.63 bits per heavy atom. The lowest BCUT2D eigenvalue weighted by atomic mass is 10.1. The molecule has 1 N–H and O–H groups in total. The van der Waals surface area contributed by atoms with Crippen molar-refractivity contribution in [3.63, 3.8) is 0 Å². The zero-order valence-corrected chi connectivity index (χ0v) is 24.0. The van der Waals surface area contributed by atoms with E-state index in [0.717, 1.165) is 23.4 Å². The van der Waals surface area contributed by atoms with Crippen LogP contribution in [0.15, 0.2) is 71.6 Å². The van der Waals surface area contributed by atoms with Crippen molar-refractivity contribution < 1.29 is 40.6 Å². The van der Waals surface area contributed by atoms with Crippen LogP contribution in [0.1, 0.15) is 31.4 Å². The van der Waals surface area contributed by atoms with E-state index in [9.17, 15) is 26.4 Å². The van der Waals surface area contributed by atoms with Gasteiger partial charge in [-0.05, 0) is 74.7 Å². The van der Waals surface area contributed by atoms with Crippen LogP contribution in [-0.4, -0.2) is 47.7 Å². The van der Waals surface area contributed by atoms with E-state index in [4.69, 9.17) is 14.2 Å². The van der Waals surface area contributed by atoms with Gasteiger partial charge >= 0.3 is 6.18 Å². The minimum atomic E-state index is -4.71. The second kappa shape index (κ2) is 13.6. The van der Waals surface area contributed by atoms with Gasteiger partial charge in [0.1, 0.15) is 12.3 Å². The van der Waals surface area contributed by atoms with Crippen molar-refractivity contribution >= 4 is 21.6 Å². The van der Waals surface area contributed by atoms with Crippen LogP contribution < -0.4 is 23.8 Å². The van der Waals surface area contributed by atoms with E-state index in [0.29, 0.717) is 23.2 Å². The van der Waals surface area contributed by atoms with Gasteiger partial charge in [-0.3, -0.25) is 9.10 Å². The fraction of sp³-hybridized carbons (Fsp3) is 0.345. The maximum absolute atomic E-state index is 13.7. The summed E-state index contributed by atoms with van der Waals surface area (Å²) in [6.45, 7) is 3.36. The van der Waals surface area contributed by atoms with E-state index in [1.54, 1.807) is 0 Å². The third kappa shape index (κ3) is 8.53. The molecule has 3 aromatic rings. The number of aryl methyl sites for hydroxylation is 1. The number of nitrogens with zero attached hydrogens (tertiary/aromatic N) is 1. The lowest BCUT2D eigenvalue weighted by Crippen LogP contribution is -2.41. The number of alkyl halides is 3. The number of nitrogens with one attached hydrogen (secondary N) is 1. The predicted octanol–water partition coefficient (Wildman–Crippen LogP) is 5.45. The molecule has 222 valence electrons.